The first-order valence-electron chi connectivity index (χ1n) is 5.76. The molecule has 1 heterocycles. The molecule has 1 aromatic rings. The van der Waals surface area contributed by atoms with Gasteiger partial charge in [-0.15, -0.1) is 12.4 Å². The summed E-state index contributed by atoms with van der Waals surface area (Å²) >= 11 is 0. The van der Waals surface area contributed by atoms with Crippen LogP contribution in [0.4, 0.5) is 8.78 Å². The average molecular weight is 329 g/mol. The Morgan fingerprint density at radius 1 is 1.35 bits per heavy atom. The van der Waals surface area contributed by atoms with E-state index in [0.717, 1.165) is 6.54 Å². The Morgan fingerprint density at radius 2 is 2.05 bits per heavy atom. The third kappa shape index (κ3) is 4.27. The normalized spacial score (nSPS) is 18.9. The van der Waals surface area contributed by atoms with E-state index in [4.69, 9.17) is 0 Å². The van der Waals surface area contributed by atoms with Crippen LogP contribution in [0.5, 0.6) is 5.75 Å². The van der Waals surface area contributed by atoms with Crippen molar-refractivity contribution in [2.24, 2.45) is 0 Å². The molecule has 1 unspecified atom stereocenters. The maximum atomic E-state index is 12.2. The van der Waals surface area contributed by atoms with Gasteiger partial charge in [0, 0.05) is 12.6 Å². The van der Waals surface area contributed by atoms with Gasteiger partial charge in [-0.3, -0.25) is 0 Å². The SMILES string of the molecule is Cl.O=S(=O)(NC1CCNC1)c1ccccc1OC(F)F. The quantitative estimate of drug-likeness (QED) is 0.856. The van der Waals surface area contributed by atoms with Crippen molar-refractivity contribution in [3.8, 4) is 5.75 Å². The zero-order chi connectivity index (χ0) is 13.9. The lowest BCUT2D eigenvalue weighted by Crippen LogP contribution is -2.36. The van der Waals surface area contributed by atoms with Crippen molar-refractivity contribution >= 4 is 22.4 Å². The fourth-order valence-corrected chi connectivity index (χ4v) is 3.31. The zero-order valence-corrected chi connectivity index (χ0v) is 12.0. The second-order valence-electron chi connectivity index (χ2n) is 4.14. The van der Waals surface area contributed by atoms with Crippen LogP contribution in [0.3, 0.4) is 0 Å². The van der Waals surface area contributed by atoms with Crippen molar-refractivity contribution < 1.29 is 21.9 Å². The topological polar surface area (TPSA) is 67.4 Å². The van der Waals surface area contributed by atoms with E-state index in [1.54, 1.807) is 0 Å². The van der Waals surface area contributed by atoms with Crippen molar-refractivity contribution in [2.45, 2.75) is 24.0 Å². The number of nitrogens with one attached hydrogen (secondary N) is 2. The molecule has 0 bridgehead atoms. The van der Waals surface area contributed by atoms with E-state index in [-0.39, 0.29) is 29.1 Å². The van der Waals surface area contributed by atoms with Crippen LogP contribution in [0.25, 0.3) is 0 Å². The summed E-state index contributed by atoms with van der Waals surface area (Å²) < 4.78 is 55.4. The molecule has 0 amide bonds. The van der Waals surface area contributed by atoms with E-state index in [1.165, 1.54) is 24.3 Å². The molecule has 2 rings (SSSR count). The molecule has 0 spiro atoms. The van der Waals surface area contributed by atoms with E-state index in [0.29, 0.717) is 13.0 Å². The number of hydrogen-bond acceptors (Lipinski definition) is 4. The number of benzene rings is 1. The van der Waals surface area contributed by atoms with Gasteiger partial charge in [0.1, 0.15) is 10.6 Å². The number of hydrogen-bond donors (Lipinski definition) is 2. The maximum absolute atomic E-state index is 12.2. The predicted octanol–water partition coefficient (Wildman–Crippen LogP) is 1.35. The van der Waals surface area contributed by atoms with Crippen LogP contribution >= 0.6 is 12.4 Å². The molecule has 1 aliphatic rings. The number of rotatable bonds is 5. The van der Waals surface area contributed by atoms with Gasteiger partial charge in [0.25, 0.3) is 0 Å². The molecule has 9 heteroatoms. The number of para-hydroxylation sites is 1. The van der Waals surface area contributed by atoms with Gasteiger partial charge in [0.2, 0.25) is 10.0 Å². The fraction of sp³-hybridized carbons (Fsp3) is 0.455. The van der Waals surface area contributed by atoms with E-state index in [1.807, 2.05) is 0 Å². The summed E-state index contributed by atoms with van der Waals surface area (Å²) in [5, 5.41) is 3.02. The maximum Gasteiger partial charge on any atom is 0.387 e. The molecule has 5 nitrogen and oxygen atoms in total. The minimum absolute atomic E-state index is 0. The summed E-state index contributed by atoms with van der Waals surface area (Å²) in [6.07, 6.45) is 0.664. The van der Waals surface area contributed by atoms with E-state index < -0.39 is 16.6 Å². The van der Waals surface area contributed by atoms with Crippen molar-refractivity contribution in [1.29, 1.82) is 0 Å². The minimum atomic E-state index is -3.87. The van der Waals surface area contributed by atoms with Crippen LogP contribution in [0.15, 0.2) is 29.2 Å². The predicted molar refractivity (Wildman–Crippen MR) is 71.9 cm³/mol. The van der Waals surface area contributed by atoms with E-state index >= 15 is 0 Å². The van der Waals surface area contributed by atoms with Crippen LogP contribution in [0.2, 0.25) is 0 Å². The second kappa shape index (κ2) is 7.16. The first-order valence-corrected chi connectivity index (χ1v) is 7.24. The van der Waals surface area contributed by atoms with Gasteiger partial charge in [-0.1, -0.05) is 12.1 Å². The lowest BCUT2D eigenvalue weighted by Gasteiger charge is -2.14. The number of alkyl halides is 2. The number of ether oxygens (including phenoxy) is 1. The Kier molecular flexibility index (Phi) is 6.12. The van der Waals surface area contributed by atoms with Gasteiger partial charge in [0.05, 0.1) is 0 Å². The highest BCUT2D eigenvalue weighted by Gasteiger charge is 2.26. The highest BCUT2D eigenvalue weighted by atomic mass is 35.5. The summed E-state index contributed by atoms with van der Waals surface area (Å²) in [6.45, 7) is -1.82. The molecule has 1 fully saturated rings. The monoisotopic (exact) mass is 328 g/mol. The van der Waals surface area contributed by atoms with Crippen molar-refractivity contribution in [1.82, 2.24) is 10.0 Å². The fourth-order valence-electron chi connectivity index (χ4n) is 1.90. The van der Waals surface area contributed by atoms with Gasteiger partial charge < -0.3 is 10.1 Å². The molecule has 1 saturated heterocycles. The van der Waals surface area contributed by atoms with Gasteiger partial charge >= 0.3 is 6.61 Å². The molecule has 0 saturated carbocycles. The van der Waals surface area contributed by atoms with Gasteiger partial charge in [-0.05, 0) is 25.1 Å². The molecular formula is C11H15ClF2N2O3S. The van der Waals surface area contributed by atoms with Crippen LogP contribution in [0, 0.1) is 0 Å². The Bertz CT molecular complexity index is 536. The van der Waals surface area contributed by atoms with Crippen molar-refractivity contribution in [3.05, 3.63) is 24.3 Å². The van der Waals surface area contributed by atoms with Crippen LogP contribution in [-0.4, -0.2) is 34.2 Å². The summed E-state index contributed by atoms with van der Waals surface area (Å²) in [4.78, 5) is -0.276. The van der Waals surface area contributed by atoms with Crippen LogP contribution < -0.4 is 14.8 Å². The van der Waals surface area contributed by atoms with Crippen molar-refractivity contribution in [3.63, 3.8) is 0 Å². The third-order valence-corrected chi connectivity index (χ3v) is 4.30. The van der Waals surface area contributed by atoms with Gasteiger partial charge in [-0.25, -0.2) is 13.1 Å². The van der Waals surface area contributed by atoms with E-state index in [2.05, 4.69) is 14.8 Å². The zero-order valence-electron chi connectivity index (χ0n) is 10.4. The molecular weight excluding hydrogens is 314 g/mol. The lowest BCUT2D eigenvalue weighted by atomic mass is 10.3. The summed E-state index contributed by atoms with van der Waals surface area (Å²) in [5.41, 5.74) is 0. The Balaban J connectivity index is 0.00000200. The highest BCUT2D eigenvalue weighted by Crippen LogP contribution is 2.25. The number of sulfonamides is 1. The van der Waals surface area contributed by atoms with Crippen LogP contribution in [-0.2, 0) is 10.0 Å². The average Bonchev–Trinajstić information content (AvgIpc) is 2.80. The van der Waals surface area contributed by atoms with E-state index in [9.17, 15) is 17.2 Å². The molecule has 2 N–H and O–H groups in total. The van der Waals surface area contributed by atoms with Crippen molar-refractivity contribution in [2.75, 3.05) is 13.1 Å². The third-order valence-electron chi connectivity index (χ3n) is 2.74. The standard InChI is InChI=1S/C11H14F2N2O3S.ClH/c12-11(13)18-9-3-1-2-4-10(9)19(16,17)15-8-5-6-14-7-8;/h1-4,8,11,14-15H,5-7H2;1H. The Morgan fingerprint density at radius 3 is 2.65 bits per heavy atom. The molecule has 1 atom stereocenters. The van der Waals surface area contributed by atoms with Gasteiger partial charge in [-0.2, -0.15) is 8.78 Å². The molecule has 1 aromatic carbocycles. The first-order chi connectivity index (χ1) is 8.99. The summed E-state index contributed by atoms with van der Waals surface area (Å²) in [5.74, 6) is -0.351. The van der Waals surface area contributed by atoms with Gasteiger partial charge in [0.15, 0.2) is 0 Å². The lowest BCUT2D eigenvalue weighted by molar-refractivity contribution is -0.0517. The smallest absolute Gasteiger partial charge is 0.387 e. The molecule has 0 radical (unpaired) electrons. The first kappa shape index (κ1) is 17.1. The molecule has 0 aromatic heterocycles. The molecule has 0 aliphatic carbocycles. The molecule has 20 heavy (non-hydrogen) atoms. The Labute approximate surface area is 122 Å². The highest BCUT2D eigenvalue weighted by molar-refractivity contribution is 7.89. The Hall–Kier alpha value is -0.960. The second-order valence-corrected chi connectivity index (χ2v) is 5.82. The largest absolute Gasteiger partial charge is 0.433 e. The molecule has 114 valence electrons. The summed E-state index contributed by atoms with van der Waals surface area (Å²) in [6, 6.07) is 5.11. The summed E-state index contributed by atoms with van der Waals surface area (Å²) in [7, 11) is -3.87. The number of halogens is 3. The molecule has 1 aliphatic heterocycles. The minimum Gasteiger partial charge on any atom is -0.433 e. The van der Waals surface area contributed by atoms with Crippen LogP contribution in [0.1, 0.15) is 6.42 Å².